The molecule has 1 atom stereocenters. The number of ether oxygens (including phenoxy) is 2. The van der Waals surface area contributed by atoms with Gasteiger partial charge in [0, 0.05) is 13.1 Å². The lowest BCUT2D eigenvalue weighted by Crippen LogP contribution is -2.48. The molecule has 1 aliphatic rings. The molecular formula is C14H15F3N2O4. The van der Waals surface area contributed by atoms with Crippen molar-refractivity contribution in [2.24, 2.45) is 0 Å². The average Bonchev–Trinajstić information content (AvgIpc) is 2.47. The second-order valence-electron chi connectivity index (χ2n) is 4.93. The number of carbonyl (C=O) groups is 2. The molecule has 9 heteroatoms. The van der Waals surface area contributed by atoms with E-state index in [1.807, 2.05) is 0 Å². The van der Waals surface area contributed by atoms with Gasteiger partial charge in [0.05, 0.1) is 18.4 Å². The van der Waals surface area contributed by atoms with E-state index in [2.05, 4.69) is 10.1 Å². The molecule has 1 saturated heterocycles. The molecule has 0 bridgehead atoms. The molecule has 1 N–H and O–H groups in total. The van der Waals surface area contributed by atoms with Gasteiger partial charge in [-0.15, -0.1) is 13.2 Å². The molecule has 126 valence electrons. The highest BCUT2D eigenvalue weighted by molar-refractivity contribution is 6.39. The Morgan fingerprint density at radius 3 is 2.70 bits per heavy atom. The summed E-state index contributed by atoms with van der Waals surface area (Å²) in [5.41, 5.74) is -0.232. The summed E-state index contributed by atoms with van der Waals surface area (Å²) in [6.45, 7) is 2.54. The fourth-order valence-corrected chi connectivity index (χ4v) is 2.11. The Balaban J connectivity index is 2.06. The quantitative estimate of drug-likeness (QED) is 0.838. The molecular weight excluding hydrogens is 317 g/mol. The lowest BCUT2D eigenvalue weighted by molar-refractivity contribution is -0.274. The van der Waals surface area contributed by atoms with Gasteiger partial charge in [0.15, 0.2) is 5.75 Å². The highest BCUT2D eigenvalue weighted by Gasteiger charge is 2.33. The SMILES string of the molecule is CC1CN(C(=O)C(=O)Nc2ccccc2OC(F)(F)F)CCO1. The third-order valence-electron chi connectivity index (χ3n) is 3.08. The zero-order chi connectivity index (χ0) is 17.0. The van der Waals surface area contributed by atoms with Crippen molar-refractivity contribution in [1.29, 1.82) is 0 Å². The molecule has 6 nitrogen and oxygen atoms in total. The van der Waals surface area contributed by atoms with Crippen LogP contribution in [0.3, 0.4) is 0 Å². The number of halogens is 3. The first-order valence-electron chi connectivity index (χ1n) is 6.83. The van der Waals surface area contributed by atoms with E-state index in [9.17, 15) is 22.8 Å². The molecule has 2 rings (SSSR count). The van der Waals surface area contributed by atoms with Gasteiger partial charge in [-0.3, -0.25) is 9.59 Å². The largest absolute Gasteiger partial charge is 0.573 e. The van der Waals surface area contributed by atoms with Gasteiger partial charge in [-0.2, -0.15) is 0 Å². The number of anilines is 1. The van der Waals surface area contributed by atoms with Crippen LogP contribution in [0.1, 0.15) is 6.92 Å². The Bertz CT molecular complexity index is 592. The van der Waals surface area contributed by atoms with E-state index in [-0.39, 0.29) is 24.9 Å². The summed E-state index contributed by atoms with van der Waals surface area (Å²) in [6.07, 6.45) is -5.11. The third-order valence-corrected chi connectivity index (χ3v) is 3.08. The van der Waals surface area contributed by atoms with E-state index >= 15 is 0 Å². The van der Waals surface area contributed by atoms with Gasteiger partial charge in [-0.05, 0) is 19.1 Å². The zero-order valence-electron chi connectivity index (χ0n) is 12.2. The van der Waals surface area contributed by atoms with E-state index < -0.39 is 23.9 Å². The van der Waals surface area contributed by atoms with Crippen molar-refractivity contribution in [3.8, 4) is 5.75 Å². The maximum atomic E-state index is 12.3. The van der Waals surface area contributed by atoms with Crippen molar-refractivity contribution in [3.63, 3.8) is 0 Å². The summed E-state index contributed by atoms with van der Waals surface area (Å²) in [7, 11) is 0. The van der Waals surface area contributed by atoms with Crippen LogP contribution in [0, 0.1) is 0 Å². The molecule has 2 amide bonds. The lowest BCUT2D eigenvalue weighted by atomic mass is 10.2. The number of amides is 2. The van der Waals surface area contributed by atoms with Gasteiger partial charge in [-0.1, -0.05) is 12.1 Å². The zero-order valence-corrected chi connectivity index (χ0v) is 12.2. The van der Waals surface area contributed by atoms with Crippen molar-refractivity contribution < 1.29 is 32.2 Å². The Kier molecular flexibility index (Phi) is 5.09. The average molecular weight is 332 g/mol. The summed E-state index contributed by atoms with van der Waals surface area (Å²) >= 11 is 0. The first-order chi connectivity index (χ1) is 10.8. The van der Waals surface area contributed by atoms with Crippen LogP contribution in [0.15, 0.2) is 24.3 Å². The third kappa shape index (κ3) is 4.85. The standard InChI is InChI=1S/C14H15F3N2O4/c1-9-8-19(6-7-22-9)13(21)12(20)18-10-4-2-3-5-11(10)23-14(15,16)17/h2-5,9H,6-8H2,1H3,(H,18,20). The van der Waals surface area contributed by atoms with Gasteiger partial charge >= 0.3 is 18.2 Å². The number of carbonyl (C=O) groups excluding carboxylic acids is 2. The molecule has 0 saturated carbocycles. The summed E-state index contributed by atoms with van der Waals surface area (Å²) < 4.78 is 46.1. The van der Waals surface area contributed by atoms with Gasteiger partial charge in [0.25, 0.3) is 0 Å². The predicted octanol–water partition coefficient (Wildman–Crippen LogP) is 1.77. The molecule has 0 aliphatic carbocycles. The minimum atomic E-state index is -4.90. The number of hydrogen-bond donors (Lipinski definition) is 1. The van der Waals surface area contributed by atoms with E-state index in [1.165, 1.54) is 23.1 Å². The fourth-order valence-electron chi connectivity index (χ4n) is 2.11. The highest BCUT2D eigenvalue weighted by Crippen LogP contribution is 2.29. The van der Waals surface area contributed by atoms with E-state index in [0.717, 1.165) is 6.07 Å². The van der Waals surface area contributed by atoms with Crippen molar-refractivity contribution in [3.05, 3.63) is 24.3 Å². The van der Waals surface area contributed by atoms with Crippen LogP contribution in [-0.2, 0) is 14.3 Å². The number of rotatable bonds is 2. The van der Waals surface area contributed by atoms with E-state index in [0.29, 0.717) is 6.61 Å². The first-order valence-corrected chi connectivity index (χ1v) is 6.83. The van der Waals surface area contributed by atoms with Gasteiger partial charge in [0.2, 0.25) is 0 Å². The van der Waals surface area contributed by atoms with Crippen LogP contribution in [0.4, 0.5) is 18.9 Å². The van der Waals surface area contributed by atoms with Crippen LogP contribution in [0.25, 0.3) is 0 Å². The van der Waals surface area contributed by atoms with Crippen LogP contribution in [-0.4, -0.2) is 48.9 Å². The number of nitrogens with one attached hydrogen (secondary N) is 1. The molecule has 1 unspecified atom stereocenters. The Hall–Kier alpha value is -2.29. The van der Waals surface area contributed by atoms with Gasteiger partial charge in [-0.25, -0.2) is 0 Å². The maximum absolute atomic E-state index is 12.3. The van der Waals surface area contributed by atoms with Crippen LogP contribution < -0.4 is 10.1 Å². The lowest BCUT2D eigenvalue weighted by Gasteiger charge is -2.30. The van der Waals surface area contributed by atoms with Crippen LogP contribution in [0.5, 0.6) is 5.75 Å². The molecule has 1 aromatic rings. The minimum Gasteiger partial charge on any atom is -0.404 e. The van der Waals surface area contributed by atoms with Gasteiger partial charge < -0.3 is 19.7 Å². The number of para-hydroxylation sites is 2. The Morgan fingerprint density at radius 2 is 2.04 bits per heavy atom. The Labute approximate surface area is 130 Å². The molecule has 0 spiro atoms. The van der Waals surface area contributed by atoms with Gasteiger partial charge in [0.1, 0.15) is 0 Å². The molecule has 1 fully saturated rings. The van der Waals surface area contributed by atoms with Crippen molar-refractivity contribution >= 4 is 17.5 Å². The molecule has 23 heavy (non-hydrogen) atoms. The molecule has 1 aliphatic heterocycles. The van der Waals surface area contributed by atoms with E-state index in [4.69, 9.17) is 4.74 Å². The monoisotopic (exact) mass is 332 g/mol. The maximum Gasteiger partial charge on any atom is 0.573 e. The topological polar surface area (TPSA) is 67.9 Å². The van der Waals surface area contributed by atoms with E-state index in [1.54, 1.807) is 6.92 Å². The molecule has 1 heterocycles. The van der Waals surface area contributed by atoms with Crippen molar-refractivity contribution in [1.82, 2.24) is 4.90 Å². The second kappa shape index (κ2) is 6.86. The number of nitrogens with zero attached hydrogens (tertiary/aromatic N) is 1. The molecule has 1 aromatic carbocycles. The first kappa shape index (κ1) is 17.1. The molecule has 0 aromatic heterocycles. The summed E-state index contributed by atoms with van der Waals surface area (Å²) in [6, 6.07) is 5.00. The summed E-state index contributed by atoms with van der Waals surface area (Å²) in [4.78, 5) is 25.3. The summed E-state index contributed by atoms with van der Waals surface area (Å²) in [5, 5.41) is 2.15. The predicted molar refractivity (Wildman–Crippen MR) is 73.7 cm³/mol. The Morgan fingerprint density at radius 1 is 1.35 bits per heavy atom. The number of alkyl halides is 3. The number of benzene rings is 1. The highest BCUT2D eigenvalue weighted by atomic mass is 19.4. The normalized spacial score (nSPS) is 18.4. The van der Waals surface area contributed by atoms with Crippen molar-refractivity contribution in [2.45, 2.75) is 19.4 Å². The fraction of sp³-hybridized carbons (Fsp3) is 0.429. The second-order valence-corrected chi connectivity index (χ2v) is 4.93. The summed E-state index contributed by atoms with van der Waals surface area (Å²) in [5.74, 6) is -2.45. The van der Waals surface area contributed by atoms with Crippen LogP contribution in [0.2, 0.25) is 0 Å². The minimum absolute atomic E-state index is 0.207. The number of morpholine rings is 1. The van der Waals surface area contributed by atoms with Crippen molar-refractivity contribution in [2.75, 3.05) is 25.0 Å². The van der Waals surface area contributed by atoms with Crippen LogP contribution >= 0.6 is 0 Å². The smallest absolute Gasteiger partial charge is 0.404 e. The molecule has 0 radical (unpaired) electrons. The number of hydrogen-bond acceptors (Lipinski definition) is 4.